The standard InChI is InChI=1S/C34H45N5O7/c1-34(2)21-16-39(29(27(21)34)32(44)37-23(25(41)17-40)14-19-12-13-35-30(19)42)33(45)28(18-8-5-4-6-9-18)38-31(43)24-15-20-22(36-24)10-7-11-26(20)46-3/h7,10-11,15,18-19,21,23,27-29,36,40H,4-6,8-9,12-14,16-17H2,1-3H3,(H,35,42)(H,37,44)(H,38,43)/t19?,21-,23-,27-,28?,29-/m0/s1. The fraction of sp³-hybridized carbons (Fsp3) is 0.618. The number of likely N-dealkylation sites (tertiary alicyclic amines) is 1. The van der Waals surface area contributed by atoms with Crippen LogP contribution in [-0.4, -0.2) is 89.3 Å². The second-order valence-corrected chi connectivity index (χ2v) is 14.0. The SMILES string of the molecule is COc1cccc2[nH]c(C(=O)NC(C(=O)N3C[C@H]4[C@@H]([C@H]3C(=O)N[C@@H](CC3CCNC3=O)C(=O)CO)C4(C)C)C3CCCCC3)cc12. The van der Waals surface area contributed by atoms with Gasteiger partial charge in [-0.25, -0.2) is 0 Å². The molecule has 4 amide bonds. The first-order valence-electron chi connectivity index (χ1n) is 16.5. The molecule has 2 aliphatic carbocycles. The van der Waals surface area contributed by atoms with Crippen LogP contribution >= 0.6 is 0 Å². The van der Waals surface area contributed by atoms with Crippen molar-refractivity contribution >= 4 is 40.3 Å². The molecule has 12 heteroatoms. The minimum atomic E-state index is -1.04. The number of aliphatic hydroxyl groups is 1. The van der Waals surface area contributed by atoms with Gasteiger partial charge < -0.3 is 35.7 Å². The molecule has 2 aromatic rings. The third kappa shape index (κ3) is 5.87. The summed E-state index contributed by atoms with van der Waals surface area (Å²) in [4.78, 5) is 72.0. The van der Waals surface area contributed by atoms with Crippen molar-refractivity contribution in [3.8, 4) is 5.75 Å². The van der Waals surface area contributed by atoms with Gasteiger partial charge in [0.05, 0.1) is 13.2 Å². The number of aliphatic hydroxyl groups excluding tert-OH is 1. The van der Waals surface area contributed by atoms with Crippen LogP contribution in [0.4, 0.5) is 0 Å². The molecule has 0 bridgehead atoms. The van der Waals surface area contributed by atoms with Gasteiger partial charge in [-0.05, 0) is 67.1 Å². The highest BCUT2D eigenvalue weighted by atomic mass is 16.5. The minimum absolute atomic E-state index is 0.0812. The number of amides is 4. The van der Waals surface area contributed by atoms with Gasteiger partial charge in [0.2, 0.25) is 17.7 Å². The number of methoxy groups -OCH3 is 1. The first kappa shape index (κ1) is 32.0. The molecule has 2 unspecified atom stereocenters. The quantitative estimate of drug-likeness (QED) is 0.251. The van der Waals surface area contributed by atoms with Crippen molar-refractivity contribution in [3.63, 3.8) is 0 Å². The summed E-state index contributed by atoms with van der Waals surface area (Å²) in [5.41, 5.74) is 0.882. The molecule has 1 aromatic heterocycles. The Morgan fingerprint density at radius 1 is 1.11 bits per heavy atom. The average Bonchev–Trinajstić information content (AvgIpc) is 3.58. The third-order valence-electron chi connectivity index (χ3n) is 11.1. The number of aromatic nitrogens is 1. The molecule has 12 nitrogen and oxygen atoms in total. The Hall–Kier alpha value is -3.93. The summed E-state index contributed by atoms with van der Waals surface area (Å²) in [7, 11) is 1.57. The van der Waals surface area contributed by atoms with E-state index in [0.717, 1.165) is 43.0 Å². The molecule has 6 rings (SSSR count). The lowest BCUT2D eigenvalue weighted by Crippen LogP contribution is -2.59. The number of aromatic amines is 1. The maximum Gasteiger partial charge on any atom is 0.268 e. The predicted octanol–water partition coefficient (Wildman–Crippen LogP) is 1.91. The van der Waals surface area contributed by atoms with Crippen molar-refractivity contribution in [2.24, 2.45) is 29.1 Å². The van der Waals surface area contributed by atoms with E-state index in [0.29, 0.717) is 31.0 Å². The normalized spacial score (nSPS) is 26.6. The summed E-state index contributed by atoms with van der Waals surface area (Å²) in [6.07, 6.45) is 5.19. The molecular formula is C34H45N5O7. The number of carbonyl (C=O) groups is 5. The molecular weight excluding hydrogens is 590 g/mol. The highest BCUT2D eigenvalue weighted by Gasteiger charge is 2.69. The topological polar surface area (TPSA) is 170 Å². The zero-order valence-corrected chi connectivity index (χ0v) is 26.8. The van der Waals surface area contributed by atoms with Crippen molar-refractivity contribution in [3.05, 3.63) is 30.0 Å². The van der Waals surface area contributed by atoms with Crippen molar-refractivity contribution in [1.29, 1.82) is 0 Å². The molecule has 46 heavy (non-hydrogen) atoms. The molecule has 4 fully saturated rings. The van der Waals surface area contributed by atoms with Crippen LogP contribution in [0.15, 0.2) is 24.3 Å². The summed E-state index contributed by atoms with van der Waals surface area (Å²) < 4.78 is 5.45. The first-order valence-corrected chi connectivity index (χ1v) is 16.5. The lowest BCUT2D eigenvalue weighted by atomic mass is 9.83. The predicted molar refractivity (Wildman–Crippen MR) is 169 cm³/mol. The largest absolute Gasteiger partial charge is 0.496 e. The maximum atomic E-state index is 14.5. The van der Waals surface area contributed by atoms with Crippen LogP contribution in [0.3, 0.4) is 0 Å². The molecule has 6 atom stereocenters. The van der Waals surface area contributed by atoms with Gasteiger partial charge in [0, 0.05) is 29.9 Å². The van der Waals surface area contributed by atoms with Gasteiger partial charge in [0.25, 0.3) is 5.91 Å². The van der Waals surface area contributed by atoms with Gasteiger partial charge in [-0.15, -0.1) is 0 Å². The molecule has 248 valence electrons. The summed E-state index contributed by atoms with van der Waals surface area (Å²) in [6.45, 7) is 4.27. The van der Waals surface area contributed by atoms with Crippen LogP contribution in [0, 0.1) is 29.1 Å². The highest BCUT2D eigenvalue weighted by molar-refractivity contribution is 6.02. The lowest BCUT2D eigenvalue weighted by Gasteiger charge is -2.37. The van der Waals surface area contributed by atoms with Gasteiger partial charge in [-0.1, -0.05) is 39.2 Å². The van der Waals surface area contributed by atoms with Gasteiger partial charge in [0.15, 0.2) is 5.78 Å². The Kier molecular flexibility index (Phi) is 8.84. The number of nitrogens with one attached hydrogen (secondary N) is 4. The third-order valence-corrected chi connectivity index (χ3v) is 11.1. The number of ether oxygens (including phenoxy) is 1. The number of hydrogen-bond acceptors (Lipinski definition) is 7. The van der Waals surface area contributed by atoms with E-state index >= 15 is 0 Å². The van der Waals surface area contributed by atoms with Crippen LogP contribution in [0.25, 0.3) is 10.9 Å². The van der Waals surface area contributed by atoms with E-state index in [1.807, 2.05) is 18.2 Å². The number of piperidine rings is 1. The van der Waals surface area contributed by atoms with E-state index in [2.05, 4.69) is 34.8 Å². The molecule has 1 aromatic carbocycles. The number of Topliss-reactive ketones (excluding diaryl/α,β-unsaturated/α-hetero) is 1. The fourth-order valence-electron chi connectivity index (χ4n) is 8.28. The van der Waals surface area contributed by atoms with Crippen LogP contribution in [0.2, 0.25) is 0 Å². The average molecular weight is 636 g/mol. The monoisotopic (exact) mass is 635 g/mol. The molecule has 5 N–H and O–H groups in total. The van der Waals surface area contributed by atoms with Gasteiger partial charge in [0.1, 0.15) is 30.1 Å². The zero-order chi connectivity index (χ0) is 32.7. The first-order chi connectivity index (χ1) is 22.0. The summed E-state index contributed by atoms with van der Waals surface area (Å²) >= 11 is 0. The van der Waals surface area contributed by atoms with Crippen LogP contribution < -0.4 is 20.7 Å². The Bertz CT molecular complexity index is 1530. The molecule has 2 aliphatic heterocycles. The minimum Gasteiger partial charge on any atom is -0.496 e. The van der Waals surface area contributed by atoms with Crippen molar-refractivity contribution in [2.45, 2.75) is 76.9 Å². The Morgan fingerprint density at radius 2 is 1.87 bits per heavy atom. The molecule has 0 spiro atoms. The van der Waals surface area contributed by atoms with Crippen molar-refractivity contribution in [2.75, 3.05) is 26.8 Å². The second-order valence-electron chi connectivity index (χ2n) is 14.0. The Labute approximate surface area is 268 Å². The van der Waals surface area contributed by atoms with Crippen molar-refractivity contribution in [1.82, 2.24) is 25.8 Å². The highest BCUT2D eigenvalue weighted by Crippen LogP contribution is 2.65. The second kappa shape index (κ2) is 12.7. The summed E-state index contributed by atoms with van der Waals surface area (Å²) in [5, 5.41) is 19.0. The molecule has 0 radical (unpaired) electrons. The van der Waals surface area contributed by atoms with E-state index in [1.54, 1.807) is 18.1 Å². The fourth-order valence-corrected chi connectivity index (χ4v) is 8.28. The van der Waals surface area contributed by atoms with Crippen LogP contribution in [-0.2, 0) is 19.2 Å². The van der Waals surface area contributed by atoms with E-state index in [4.69, 9.17) is 4.74 Å². The van der Waals surface area contributed by atoms with Gasteiger partial charge in [-0.2, -0.15) is 0 Å². The number of rotatable bonds is 11. The van der Waals surface area contributed by atoms with Crippen LogP contribution in [0.5, 0.6) is 5.75 Å². The van der Waals surface area contributed by atoms with E-state index in [9.17, 15) is 29.1 Å². The van der Waals surface area contributed by atoms with E-state index < -0.39 is 48.2 Å². The Balaban J connectivity index is 1.25. The number of hydrogen-bond donors (Lipinski definition) is 5. The summed E-state index contributed by atoms with van der Waals surface area (Å²) in [6, 6.07) is 4.52. The smallest absolute Gasteiger partial charge is 0.268 e. The molecule has 2 saturated heterocycles. The van der Waals surface area contributed by atoms with Crippen molar-refractivity contribution < 1.29 is 33.8 Å². The molecule has 3 heterocycles. The lowest BCUT2D eigenvalue weighted by molar-refractivity contribution is -0.144. The van der Waals surface area contributed by atoms with Crippen LogP contribution in [0.1, 0.15) is 69.3 Å². The molecule has 2 saturated carbocycles. The number of H-pyrrole nitrogens is 1. The summed E-state index contributed by atoms with van der Waals surface area (Å²) in [5.74, 6) is -1.81. The molecule has 4 aliphatic rings. The number of fused-ring (bicyclic) bond motifs is 2. The number of carbonyl (C=O) groups excluding carboxylic acids is 5. The van der Waals surface area contributed by atoms with E-state index in [1.165, 1.54) is 0 Å². The zero-order valence-electron chi connectivity index (χ0n) is 26.8. The van der Waals surface area contributed by atoms with Gasteiger partial charge >= 0.3 is 0 Å². The number of ketones is 1. The van der Waals surface area contributed by atoms with E-state index in [-0.39, 0.29) is 41.4 Å². The number of nitrogens with zero attached hydrogens (tertiary/aromatic N) is 1. The Morgan fingerprint density at radius 3 is 2.54 bits per heavy atom. The van der Waals surface area contributed by atoms with Gasteiger partial charge in [-0.3, -0.25) is 24.0 Å². The number of benzene rings is 1. The maximum absolute atomic E-state index is 14.5.